The van der Waals surface area contributed by atoms with Crippen molar-refractivity contribution in [1.29, 1.82) is 0 Å². The topological polar surface area (TPSA) is 75.3 Å². The highest BCUT2D eigenvalue weighted by molar-refractivity contribution is 5.88. The standard InChI is InChI=1S/C14H21N3O3/c1-4-20-13(19)11-6-15-14(16-12(11)18)17-7-9(2)5-10(3)8-17/h6,9-10H,4-5,7-8H2,1-3H3,(H,15,16,18)/t9-,10+. The number of rotatable bonds is 3. The molecule has 1 saturated heterocycles. The minimum absolute atomic E-state index is 0.0475. The molecule has 110 valence electrons. The summed E-state index contributed by atoms with van der Waals surface area (Å²) < 4.78 is 4.82. The number of anilines is 1. The molecule has 6 heteroatoms. The van der Waals surface area contributed by atoms with E-state index >= 15 is 0 Å². The van der Waals surface area contributed by atoms with Gasteiger partial charge in [0.25, 0.3) is 5.56 Å². The molecule has 2 rings (SSSR count). The molecule has 1 N–H and O–H groups in total. The fraction of sp³-hybridized carbons (Fsp3) is 0.643. The van der Waals surface area contributed by atoms with Gasteiger partial charge in [0.15, 0.2) is 0 Å². The predicted octanol–water partition coefficient (Wildman–Crippen LogP) is 1.43. The first-order valence-corrected chi connectivity index (χ1v) is 7.02. The van der Waals surface area contributed by atoms with Crippen molar-refractivity contribution in [3.8, 4) is 0 Å². The minimum atomic E-state index is -0.631. The van der Waals surface area contributed by atoms with Crippen molar-refractivity contribution in [2.45, 2.75) is 27.2 Å². The molecule has 0 bridgehead atoms. The normalized spacial score (nSPS) is 22.6. The Morgan fingerprint density at radius 1 is 1.45 bits per heavy atom. The van der Waals surface area contributed by atoms with Crippen molar-refractivity contribution in [3.05, 3.63) is 22.1 Å². The molecule has 0 amide bonds. The summed E-state index contributed by atoms with van der Waals surface area (Å²) in [6, 6.07) is 0. The van der Waals surface area contributed by atoms with Crippen molar-refractivity contribution in [2.75, 3.05) is 24.6 Å². The van der Waals surface area contributed by atoms with Crippen LogP contribution in [0.3, 0.4) is 0 Å². The van der Waals surface area contributed by atoms with Crippen LogP contribution in [-0.4, -0.2) is 35.6 Å². The van der Waals surface area contributed by atoms with Crippen molar-refractivity contribution in [1.82, 2.24) is 9.97 Å². The minimum Gasteiger partial charge on any atom is -0.462 e. The lowest BCUT2D eigenvalue weighted by Crippen LogP contribution is -2.40. The molecule has 1 aromatic heterocycles. The highest BCUT2D eigenvalue weighted by Crippen LogP contribution is 2.23. The first-order valence-electron chi connectivity index (χ1n) is 7.02. The third-order valence-electron chi connectivity index (χ3n) is 3.45. The second kappa shape index (κ2) is 6.07. The van der Waals surface area contributed by atoms with E-state index in [1.54, 1.807) is 6.92 Å². The number of carbonyl (C=O) groups is 1. The fourth-order valence-corrected chi connectivity index (χ4v) is 2.74. The van der Waals surface area contributed by atoms with Crippen molar-refractivity contribution < 1.29 is 9.53 Å². The number of carbonyl (C=O) groups excluding carboxylic acids is 1. The summed E-state index contributed by atoms with van der Waals surface area (Å²) in [5.41, 5.74) is -0.493. The number of aromatic amines is 1. The van der Waals surface area contributed by atoms with Gasteiger partial charge in [-0.05, 0) is 25.2 Å². The number of H-pyrrole nitrogens is 1. The van der Waals surface area contributed by atoms with E-state index in [-0.39, 0.29) is 12.2 Å². The molecular weight excluding hydrogens is 258 g/mol. The Kier molecular flexibility index (Phi) is 4.42. The van der Waals surface area contributed by atoms with Crippen LogP contribution in [0.2, 0.25) is 0 Å². The van der Waals surface area contributed by atoms with E-state index in [1.165, 1.54) is 12.6 Å². The molecule has 1 aliphatic rings. The summed E-state index contributed by atoms with van der Waals surface area (Å²) in [5.74, 6) is 1.03. The molecule has 1 fully saturated rings. The van der Waals surface area contributed by atoms with Gasteiger partial charge in [-0.1, -0.05) is 13.8 Å². The summed E-state index contributed by atoms with van der Waals surface area (Å²) in [4.78, 5) is 32.5. The summed E-state index contributed by atoms with van der Waals surface area (Å²) in [7, 11) is 0. The third kappa shape index (κ3) is 3.18. The number of ether oxygens (including phenoxy) is 1. The van der Waals surface area contributed by atoms with Crippen LogP contribution in [0.4, 0.5) is 5.95 Å². The molecular formula is C14H21N3O3. The maximum absolute atomic E-state index is 11.9. The van der Waals surface area contributed by atoms with Crippen LogP contribution in [0, 0.1) is 11.8 Å². The lowest BCUT2D eigenvalue weighted by Gasteiger charge is -2.35. The second-order valence-electron chi connectivity index (χ2n) is 5.52. The zero-order valence-electron chi connectivity index (χ0n) is 12.2. The molecule has 0 aromatic carbocycles. The molecule has 0 radical (unpaired) electrons. The van der Waals surface area contributed by atoms with Gasteiger partial charge in [0.2, 0.25) is 5.95 Å². The molecule has 0 aliphatic carbocycles. The maximum atomic E-state index is 11.9. The van der Waals surface area contributed by atoms with Gasteiger partial charge in [-0.3, -0.25) is 9.78 Å². The largest absolute Gasteiger partial charge is 0.462 e. The first-order chi connectivity index (χ1) is 9.51. The van der Waals surface area contributed by atoms with Gasteiger partial charge >= 0.3 is 5.97 Å². The van der Waals surface area contributed by atoms with Crippen LogP contribution in [0.25, 0.3) is 0 Å². The number of aromatic nitrogens is 2. The van der Waals surface area contributed by atoms with Gasteiger partial charge in [-0.25, -0.2) is 9.78 Å². The number of hydrogen-bond acceptors (Lipinski definition) is 5. The van der Waals surface area contributed by atoms with Crippen LogP contribution in [0.5, 0.6) is 0 Å². The van der Waals surface area contributed by atoms with E-state index in [4.69, 9.17) is 4.74 Å². The van der Waals surface area contributed by atoms with E-state index in [2.05, 4.69) is 28.7 Å². The molecule has 0 spiro atoms. The summed E-state index contributed by atoms with van der Waals surface area (Å²) in [5, 5.41) is 0. The number of nitrogens with zero attached hydrogens (tertiary/aromatic N) is 2. The van der Waals surface area contributed by atoms with Gasteiger partial charge < -0.3 is 9.64 Å². The van der Waals surface area contributed by atoms with Gasteiger partial charge in [-0.2, -0.15) is 0 Å². The fourth-order valence-electron chi connectivity index (χ4n) is 2.74. The van der Waals surface area contributed by atoms with Gasteiger partial charge in [-0.15, -0.1) is 0 Å². The summed E-state index contributed by atoms with van der Waals surface area (Å²) in [6.45, 7) is 8.05. The zero-order valence-corrected chi connectivity index (χ0v) is 12.2. The van der Waals surface area contributed by atoms with Crippen molar-refractivity contribution in [3.63, 3.8) is 0 Å². The van der Waals surface area contributed by atoms with E-state index in [1.807, 2.05) is 0 Å². The quantitative estimate of drug-likeness (QED) is 0.847. The van der Waals surface area contributed by atoms with Crippen LogP contribution in [-0.2, 0) is 4.74 Å². The molecule has 6 nitrogen and oxygen atoms in total. The van der Waals surface area contributed by atoms with E-state index in [0.29, 0.717) is 17.8 Å². The molecule has 20 heavy (non-hydrogen) atoms. The third-order valence-corrected chi connectivity index (χ3v) is 3.45. The van der Waals surface area contributed by atoms with Gasteiger partial charge in [0.05, 0.1) is 12.8 Å². The highest BCUT2D eigenvalue weighted by Gasteiger charge is 2.24. The number of hydrogen-bond donors (Lipinski definition) is 1. The van der Waals surface area contributed by atoms with Crippen LogP contribution >= 0.6 is 0 Å². The predicted molar refractivity (Wildman–Crippen MR) is 76.0 cm³/mol. The maximum Gasteiger partial charge on any atom is 0.345 e. The van der Waals surface area contributed by atoms with Crippen molar-refractivity contribution >= 4 is 11.9 Å². The van der Waals surface area contributed by atoms with Crippen LogP contribution in [0.1, 0.15) is 37.6 Å². The average Bonchev–Trinajstić information content (AvgIpc) is 2.37. The first kappa shape index (κ1) is 14.6. The van der Waals surface area contributed by atoms with Gasteiger partial charge in [0, 0.05) is 13.1 Å². The lowest BCUT2D eigenvalue weighted by atomic mass is 9.92. The molecule has 1 aromatic rings. The Hall–Kier alpha value is -1.85. The Balaban J connectivity index is 2.20. The monoisotopic (exact) mass is 279 g/mol. The number of esters is 1. The molecule has 0 saturated carbocycles. The van der Waals surface area contributed by atoms with Gasteiger partial charge in [0.1, 0.15) is 5.56 Å². The average molecular weight is 279 g/mol. The SMILES string of the molecule is CCOC(=O)c1cnc(N2C[C@H](C)C[C@H](C)C2)[nH]c1=O. The highest BCUT2D eigenvalue weighted by atomic mass is 16.5. The van der Waals surface area contributed by atoms with Crippen molar-refractivity contribution in [2.24, 2.45) is 11.8 Å². The Bertz CT molecular complexity index is 531. The van der Waals surface area contributed by atoms with E-state index < -0.39 is 11.5 Å². The number of nitrogens with one attached hydrogen (secondary N) is 1. The lowest BCUT2D eigenvalue weighted by molar-refractivity contribution is 0.0523. The Labute approximate surface area is 118 Å². The van der Waals surface area contributed by atoms with E-state index in [9.17, 15) is 9.59 Å². The Morgan fingerprint density at radius 3 is 2.65 bits per heavy atom. The molecule has 2 atom stereocenters. The smallest absolute Gasteiger partial charge is 0.345 e. The Morgan fingerprint density at radius 2 is 2.10 bits per heavy atom. The van der Waals surface area contributed by atoms with E-state index in [0.717, 1.165) is 13.1 Å². The molecule has 1 aliphatic heterocycles. The number of piperidine rings is 1. The van der Waals surface area contributed by atoms with Crippen LogP contribution in [0.15, 0.2) is 11.0 Å². The molecule has 0 unspecified atom stereocenters. The second-order valence-corrected chi connectivity index (χ2v) is 5.52. The summed E-state index contributed by atoms with van der Waals surface area (Å²) in [6.07, 6.45) is 2.48. The molecule has 2 heterocycles. The zero-order chi connectivity index (χ0) is 14.7. The van der Waals surface area contributed by atoms with Crippen LogP contribution < -0.4 is 10.5 Å². The summed E-state index contributed by atoms with van der Waals surface area (Å²) >= 11 is 0.